The summed E-state index contributed by atoms with van der Waals surface area (Å²) in [4.78, 5) is 15.1. The molecule has 0 spiro atoms. The maximum Gasteiger partial charge on any atom is 0.374 e. The van der Waals surface area contributed by atoms with Gasteiger partial charge in [-0.1, -0.05) is 0 Å². The first kappa shape index (κ1) is 7.79. The minimum Gasteiger partial charge on any atom is -0.463 e. The number of nitrogens with zero attached hydrogens (tertiary/aromatic N) is 1. The van der Waals surface area contributed by atoms with Crippen molar-refractivity contribution >= 4 is 17.1 Å². The lowest BCUT2D eigenvalue weighted by Gasteiger charge is -1.90. The molecule has 0 aromatic carbocycles. The molecule has 2 heterocycles. The second-order valence-electron chi connectivity index (χ2n) is 2.49. The zero-order valence-corrected chi connectivity index (χ0v) is 6.98. The van der Waals surface area contributed by atoms with Crippen LogP contribution in [0.4, 0.5) is 0 Å². The molecule has 0 fully saturated rings. The molecule has 0 radical (unpaired) electrons. The van der Waals surface area contributed by atoms with E-state index >= 15 is 0 Å². The van der Waals surface area contributed by atoms with Crippen LogP contribution >= 0.6 is 0 Å². The first-order valence-electron chi connectivity index (χ1n) is 3.74. The number of carbonyl (C=O) groups excluding carboxylic acids is 1. The van der Waals surface area contributed by atoms with Crippen LogP contribution in [0.5, 0.6) is 0 Å². The summed E-state index contributed by atoms with van der Waals surface area (Å²) in [7, 11) is 1.31. The van der Waals surface area contributed by atoms with Gasteiger partial charge < -0.3 is 9.15 Å². The highest BCUT2D eigenvalue weighted by molar-refractivity contribution is 5.91. The van der Waals surface area contributed by atoms with Crippen LogP contribution in [0, 0.1) is 0 Å². The molecule has 0 amide bonds. The molecule has 0 atom stereocenters. The van der Waals surface area contributed by atoms with Crippen molar-refractivity contribution in [3.05, 3.63) is 30.2 Å². The van der Waals surface area contributed by atoms with Gasteiger partial charge in [-0.3, -0.25) is 4.98 Å². The van der Waals surface area contributed by atoms with Crippen molar-refractivity contribution in [2.45, 2.75) is 0 Å². The number of aromatic nitrogens is 1. The average molecular weight is 177 g/mol. The van der Waals surface area contributed by atoms with Crippen LogP contribution in [0.25, 0.3) is 11.1 Å². The van der Waals surface area contributed by atoms with Gasteiger partial charge in [0.25, 0.3) is 0 Å². The van der Waals surface area contributed by atoms with Crippen LogP contribution in [0.1, 0.15) is 10.6 Å². The number of esters is 1. The molecule has 0 aliphatic heterocycles. The maximum absolute atomic E-state index is 11.0. The molecule has 0 saturated carbocycles. The summed E-state index contributed by atoms with van der Waals surface area (Å²) in [5.41, 5.74) is 1.24. The first-order chi connectivity index (χ1) is 6.31. The monoisotopic (exact) mass is 177 g/mol. The Hall–Kier alpha value is -1.84. The van der Waals surface area contributed by atoms with Crippen molar-refractivity contribution in [1.29, 1.82) is 0 Å². The average Bonchev–Trinajstić information content (AvgIpc) is 2.59. The second kappa shape index (κ2) is 2.90. The zero-order chi connectivity index (χ0) is 9.26. The van der Waals surface area contributed by atoms with Gasteiger partial charge in [0.2, 0.25) is 5.76 Å². The Morgan fingerprint density at radius 3 is 3.15 bits per heavy atom. The van der Waals surface area contributed by atoms with Crippen molar-refractivity contribution in [2.75, 3.05) is 7.11 Å². The van der Waals surface area contributed by atoms with Crippen molar-refractivity contribution in [3.63, 3.8) is 0 Å². The van der Waals surface area contributed by atoms with Crippen LogP contribution in [-0.2, 0) is 4.74 Å². The van der Waals surface area contributed by atoms with Gasteiger partial charge in [-0.2, -0.15) is 0 Å². The van der Waals surface area contributed by atoms with Gasteiger partial charge in [0.1, 0.15) is 5.52 Å². The molecule has 0 unspecified atom stereocenters. The number of carbonyl (C=O) groups is 1. The highest BCUT2D eigenvalue weighted by atomic mass is 16.5. The van der Waals surface area contributed by atoms with Gasteiger partial charge in [-0.25, -0.2) is 4.79 Å². The molecule has 2 rings (SSSR count). The molecule has 4 nitrogen and oxygen atoms in total. The summed E-state index contributed by atoms with van der Waals surface area (Å²) in [5, 5.41) is 0. The van der Waals surface area contributed by atoms with Crippen molar-refractivity contribution in [2.24, 2.45) is 0 Å². The minimum absolute atomic E-state index is 0.177. The first-order valence-corrected chi connectivity index (χ1v) is 3.74. The zero-order valence-electron chi connectivity index (χ0n) is 6.98. The molecule has 66 valence electrons. The fourth-order valence-corrected chi connectivity index (χ4v) is 1.07. The smallest absolute Gasteiger partial charge is 0.374 e. The number of hydrogen-bond acceptors (Lipinski definition) is 4. The predicted molar refractivity (Wildman–Crippen MR) is 45.3 cm³/mol. The SMILES string of the molecule is COC(=O)c1cc2ncccc2o1. The van der Waals surface area contributed by atoms with E-state index in [0.29, 0.717) is 11.1 Å². The highest BCUT2D eigenvalue weighted by Gasteiger charge is 2.11. The Kier molecular flexibility index (Phi) is 1.73. The lowest BCUT2D eigenvalue weighted by Crippen LogP contribution is -1.97. The topological polar surface area (TPSA) is 52.3 Å². The van der Waals surface area contributed by atoms with Crippen molar-refractivity contribution < 1.29 is 13.9 Å². The fraction of sp³-hybridized carbons (Fsp3) is 0.111. The third-order valence-corrected chi connectivity index (χ3v) is 1.67. The third kappa shape index (κ3) is 1.26. The summed E-state index contributed by atoms with van der Waals surface area (Å²) < 4.78 is 9.69. The van der Waals surface area contributed by atoms with Crippen LogP contribution in [0.3, 0.4) is 0 Å². The van der Waals surface area contributed by atoms with Crippen LogP contribution in [0.15, 0.2) is 28.8 Å². The van der Waals surface area contributed by atoms with E-state index in [1.54, 1.807) is 24.4 Å². The summed E-state index contributed by atoms with van der Waals surface area (Å²) in [5.74, 6) is -0.311. The summed E-state index contributed by atoms with van der Waals surface area (Å²) in [6.45, 7) is 0. The Morgan fingerprint density at radius 1 is 1.62 bits per heavy atom. The van der Waals surface area contributed by atoms with Crippen LogP contribution < -0.4 is 0 Å². The van der Waals surface area contributed by atoms with Gasteiger partial charge in [0, 0.05) is 12.3 Å². The largest absolute Gasteiger partial charge is 0.463 e. The Morgan fingerprint density at radius 2 is 2.46 bits per heavy atom. The van der Waals surface area contributed by atoms with E-state index in [4.69, 9.17) is 4.42 Å². The third-order valence-electron chi connectivity index (χ3n) is 1.67. The molecular weight excluding hydrogens is 170 g/mol. The van der Waals surface area contributed by atoms with E-state index < -0.39 is 5.97 Å². The maximum atomic E-state index is 11.0. The molecule has 0 N–H and O–H groups in total. The van der Waals surface area contributed by atoms with E-state index in [2.05, 4.69) is 9.72 Å². The summed E-state index contributed by atoms with van der Waals surface area (Å²) in [6, 6.07) is 5.04. The van der Waals surface area contributed by atoms with E-state index in [9.17, 15) is 4.79 Å². The molecular formula is C9H7NO3. The van der Waals surface area contributed by atoms with Crippen molar-refractivity contribution in [3.8, 4) is 0 Å². The Labute approximate surface area is 74.1 Å². The molecule has 0 saturated heterocycles. The Balaban J connectivity index is 2.56. The normalized spacial score (nSPS) is 10.2. The number of methoxy groups -OCH3 is 1. The molecule has 2 aromatic heterocycles. The quantitative estimate of drug-likeness (QED) is 0.621. The number of hydrogen-bond donors (Lipinski definition) is 0. The summed E-state index contributed by atoms with van der Waals surface area (Å²) in [6.07, 6.45) is 1.64. The van der Waals surface area contributed by atoms with E-state index in [-0.39, 0.29) is 5.76 Å². The second-order valence-corrected chi connectivity index (χ2v) is 2.49. The fourth-order valence-electron chi connectivity index (χ4n) is 1.07. The van der Waals surface area contributed by atoms with Gasteiger partial charge >= 0.3 is 5.97 Å². The Bertz CT molecular complexity index is 414. The van der Waals surface area contributed by atoms with E-state index in [1.165, 1.54) is 7.11 Å². The number of furan rings is 1. The number of fused-ring (bicyclic) bond motifs is 1. The highest BCUT2D eigenvalue weighted by Crippen LogP contribution is 2.16. The minimum atomic E-state index is -0.488. The van der Waals surface area contributed by atoms with E-state index in [1.807, 2.05) is 0 Å². The number of rotatable bonds is 1. The van der Waals surface area contributed by atoms with Gasteiger partial charge in [0.15, 0.2) is 5.58 Å². The molecule has 4 heteroatoms. The van der Waals surface area contributed by atoms with Crippen LogP contribution in [-0.4, -0.2) is 18.1 Å². The van der Waals surface area contributed by atoms with Gasteiger partial charge in [-0.05, 0) is 12.1 Å². The predicted octanol–water partition coefficient (Wildman–Crippen LogP) is 1.61. The van der Waals surface area contributed by atoms with Crippen LogP contribution in [0.2, 0.25) is 0 Å². The summed E-state index contributed by atoms with van der Waals surface area (Å²) >= 11 is 0. The molecule has 2 aromatic rings. The van der Waals surface area contributed by atoms with Crippen molar-refractivity contribution in [1.82, 2.24) is 4.98 Å². The molecule has 0 aliphatic rings. The van der Waals surface area contributed by atoms with Gasteiger partial charge in [-0.15, -0.1) is 0 Å². The molecule has 0 bridgehead atoms. The van der Waals surface area contributed by atoms with Gasteiger partial charge in [0.05, 0.1) is 7.11 Å². The lowest BCUT2D eigenvalue weighted by molar-refractivity contribution is 0.0567. The molecule has 0 aliphatic carbocycles. The number of pyridine rings is 1. The number of ether oxygens (including phenoxy) is 1. The van der Waals surface area contributed by atoms with E-state index in [0.717, 1.165) is 0 Å². The molecule has 13 heavy (non-hydrogen) atoms. The lowest BCUT2D eigenvalue weighted by atomic mass is 10.4. The standard InChI is InChI=1S/C9H7NO3/c1-12-9(11)8-5-6-7(13-8)3-2-4-10-6/h2-5H,1H3.